The number of nitrogens with one attached hydrogen (secondary N) is 1. The molecule has 3 aromatic rings. The zero-order chi connectivity index (χ0) is 20.8. The van der Waals surface area contributed by atoms with Crippen LogP contribution in [0, 0.1) is 0 Å². The summed E-state index contributed by atoms with van der Waals surface area (Å²) in [7, 11) is 0. The number of carbonyl (C=O) groups is 1. The summed E-state index contributed by atoms with van der Waals surface area (Å²) in [4.78, 5) is 21.0. The molecule has 0 atom stereocenters. The first-order valence-electron chi connectivity index (χ1n) is 10.7. The van der Waals surface area contributed by atoms with E-state index in [4.69, 9.17) is 14.5 Å². The van der Waals surface area contributed by atoms with E-state index < -0.39 is 0 Å². The molecule has 1 aromatic heterocycles. The molecule has 1 heterocycles. The Morgan fingerprint density at radius 3 is 2.73 bits per heavy atom. The van der Waals surface area contributed by atoms with Crippen molar-refractivity contribution >= 4 is 28.8 Å². The zero-order valence-corrected chi connectivity index (χ0v) is 18.2. The standard InChI is InChI=1S/C24H28N2O3S/c1-2-28-24(27)16-30-22-15-20-19(14-21(22)29-18-11-7-4-8-12-18)25-23(26-20)13-17-9-5-3-6-10-17/h3,5-6,9-10,14-15,18H,2,4,7-8,11-13,16H2,1H3,(H,25,26). The summed E-state index contributed by atoms with van der Waals surface area (Å²) in [5, 5.41) is 0. The van der Waals surface area contributed by atoms with Gasteiger partial charge in [0.25, 0.3) is 0 Å². The van der Waals surface area contributed by atoms with Crippen molar-refractivity contribution in [3.8, 4) is 5.75 Å². The van der Waals surface area contributed by atoms with E-state index >= 15 is 0 Å². The van der Waals surface area contributed by atoms with Crippen LogP contribution in [0.25, 0.3) is 11.0 Å². The minimum absolute atomic E-state index is 0.210. The predicted molar refractivity (Wildman–Crippen MR) is 120 cm³/mol. The highest BCUT2D eigenvalue weighted by Crippen LogP contribution is 2.35. The van der Waals surface area contributed by atoms with Gasteiger partial charge in [-0.3, -0.25) is 4.79 Å². The first-order valence-corrected chi connectivity index (χ1v) is 11.7. The Morgan fingerprint density at radius 2 is 1.97 bits per heavy atom. The third kappa shape index (κ3) is 5.36. The second-order valence-corrected chi connectivity index (χ2v) is 8.65. The lowest BCUT2D eigenvalue weighted by molar-refractivity contribution is -0.139. The summed E-state index contributed by atoms with van der Waals surface area (Å²) in [6.07, 6.45) is 6.87. The number of H-pyrrole nitrogens is 1. The van der Waals surface area contributed by atoms with E-state index in [2.05, 4.69) is 17.1 Å². The van der Waals surface area contributed by atoms with Gasteiger partial charge in [-0.2, -0.15) is 0 Å². The molecule has 1 aliphatic rings. The number of ether oxygens (including phenoxy) is 2. The third-order valence-corrected chi connectivity index (χ3v) is 6.32. The average molecular weight is 425 g/mol. The van der Waals surface area contributed by atoms with Crippen LogP contribution >= 0.6 is 11.8 Å². The Kier molecular flexibility index (Phi) is 6.95. The maximum Gasteiger partial charge on any atom is 0.316 e. The van der Waals surface area contributed by atoms with Crippen LogP contribution in [0.1, 0.15) is 50.4 Å². The van der Waals surface area contributed by atoms with E-state index in [9.17, 15) is 4.79 Å². The topological polar surface area (TPSA) is 64.2 Å². The molecule has 1 aliphatic carbocycles. The highest BCUT2D eigenvalue weighted by Gasteiger charge is 2.19. The van der Waals surface area contributed by atoms with E-state index in [1.54, 1.807) is 0 Å². The highest BCUT2D eigenvalue weighted by atomic mass is 32.2. The van der Waals surface area contributed by atoms with Gasteiger partial charge in [-0.1, -0.05) is 36.8 Å². The number of fused-ring (bicyclic) bond motifs is 1. The fourth-order valence-corrected chi connectivity index (χ4v) is 4.65. The normalized spacial score (nSPS) is 14.7. The molecular weight excluding hydrogens is 396 g/mol. The summed E-state index contributed by atoms with van der Waals surface area (Å²) in [6, 6.07) is 14.4. The number of aromatic nitrogens is 2. The van der Waals surface area contributed by atoms with Crippen molar-refractivity contribution in [2.75, 3.05) is 12.4 Å². The number of thioether (sulfide) groups is 1. The van der Waals surface area contributed by atoms with Crippen molar-refractivity contribution < 1.29 is 14.3 Å². The van der Waals surface area contributed by atoms with Crippen molar-refractivity contribution in [1.29, 1.82) is 0 Å². The molecule has 0 aliphatic heterocycles. The molecule has 30 heavy (non-hydrogen) atoms. The molecule has 1 saturated carbocycles. The number of esters is 1. The van der Waals surface area contributed by atoms with Gasteiger partial charge < -0.3 is 14.5 Å². The quantitative estimate of drug-likeness (QED) is 0.381. The van der Waals surface area contributed by atoms with Gasteiger partial charge >= 0.3 is 5.97 Å². The van der Waals surface area contributed by atoms with E-state index in [0.717, 1.165) is 46.8 Å². The number of hydrogen-bond acceptors (Lipinski definition) is 5. The van der Waals surface area contributed by atoms with Gasteiger partial charge in [0.1, 0.15) is 11.6 Å². The lowest BCUT2D eigenvalue weighted by Crippen LogP contribution is -2.20. The van der Waals surface area contributed by atoms with Crippen molar-refractivity contribution in [2.45, 2.75) is 56.4 Å². The first-order chi connectivity index (χ1) is 14.7. The maximum absolute atomic E-state index is 11.9. The van der Waals surface area contributed by atoms with Crippen molar-refractivity contribution in [1.82, 2.24) is 9.97 Å². The first kappa shape index (κ1) is 20.8. The van der Waals surface area contributed by atoms with Gasteiger partial charge in [0.05, 0.1) is 34.4 Å². The molecule has 2 aromatic carbocycles. The number of rotatable bonds is 8. The van der Waals surface area contributed by atoms with E-state index in [1.165, 1.54) is 36.6 Å². The molecule has 1 fully saturated rings. The molecule has 4 rings (SSSR count). The number of carbonyl (C=O) groups excluding carboxylic acids is 1. The Morgan fingerprint density at radius 1 is 1.17 bits per heavy atom. The van der Waals surface area contributed by atoms with Crippen LogP contribution in [0.2, 0.25) is 0 Å². The molecular formula is C24H28N2O3S. The second-order valence-electron chi connectivity index (χ2n) is 7.63. The number of benzene rings is 2. The molecule has 0 radical (unpaired) electrons. The lowest BCUT2D eigenvalue weighted by Gasteiger charge is -2.24. The second kappa shape index (κ2) is 10.0. The summed E-state index contributed by atoms with van der Waals surface area (Å²) >= 11 is 1.46. The number of nitrogens with zero attached hydrogens (tertiary/aromatic N) is 1. The number of imidazole rings is 1. The Bertz CT molecular complexity index is 981. The molecule has 0 amide bonds. The van der Waals surface area contributed by atoms with Gasteiger partial charge in [-0.05, 0) is 44.2 Å². The van der Waals surface area contributed by atoms with Gasteiger partial charge in [0, 0.05) is 12.5 Å². The zero-order valence-electron chi connectivity index (χ0n) is 17.4. The van der Waals surface area contributed by atoms with E-state index in [0.29, 0.717) is 6.61 Å². The van der Waals surface area contributed by atoms with Crippen LogP contribution in [0.4, 0.5) is 0 Å². The Labute approximate surface area is 181 Å². The SMILES string of the molecule is CCOC(=O)CSc1cc2nc(Cc3ccccc3)[nH]c2cc1OC1CCCCC1. The predicted octanol–water partition coefficient (Wildman–Crippen LogP) is 5.52. The fourth-order valence-electron chi connectivity index (χ4n) is 3.85. The van der Waals surface area contributed by atoms with Crippen LogP contribution in [0.3, 0.4) is 0 Å². The summed E-state index contributed by atoms with van der Waals surface area (Å²) in [5.74, 6) is 1.81. The Balaban J connectivity index is 1.59. The van der Waals surface area contributed by atoms with Gasteiger partial charge in [-0.15, -0.1) is 11.8 Å². The monoisotopic (exact) mass is 424 g/mol. The molecule has 0 unspecified atom stereocenters. The molecule has 0 saturated heterocycles. The highest BCUT2D eigenvalue weighted by molar-refractivity contribution is 8.00. The molecule has 0 spiro atoms. The minimum atomic E-state index is -0.210. The van der Waals surface area contributed by atoms with Crippen LogP contribution in [0.15, 0.2) is 47.4 Å². The van der Waals surface area contributed by atoms with Crippen LogP contribution in [-0.2, 0) is 16.0 Å². The number of hydrogen-bond donors (Lipinski definition) is 1. The summed E-state index contributed by atoms with van der Waals surface area (Å²) < 4.78 is 11.5. The smallest absolute Gasteiger partial charge is 0.316 e. The average Bonchev–Trinajstić information content (AvgIpc) is 3.14. The lowest BCUT2D eigenvalue weighted by atomic mass is 9.98. The molecule has 5 nitrogen and oxygen atoms in total. The largest absolute Gasteiger partial charge is 0.489 e. The molecule has 0 bridgehead atoms. The van der Waals surface area contributed by atoms with Gasteiger partial charge in [0.2, 0.25) is 0 Å². The molecule has 6 heteroatoms. The van der Waals surface area contributed by atoms with Gasteiger partial charge in [-0.25, -0.2) is 4.98 Å². The minimum Gasteiger partial charge on any atom is -0.489 e. The van der Waals surface area contributed by atoms with Gasteiger partial charge in [0.15, 0.2) is 0 Å². The summed E-state index contributed by atoms with van der Waals surface area (Å²) in [5.41, 5.74) is 3.07. The van der Waals surface area contributed by atoms with Crippen molar-refractivity contribution in [3.05, 3.63) is 53.9 Å². The Hall–Kier alpha value is -2.47. The maximum atomic E-state index is 11.9. The third-order valence-electron chi connectivity index (χ3n) is 5.31. The van der Waals surface area contributed by atoms with E-state index in [1.807, 2.05) is 37.3 Å². The fraction of sp³-hybridized carbons (Fsp3) is 0.417. The van der Waals surface area contributed by atoms with E-state index in [-0.39, 0.29) is 17.8 Å². The van der Waals surface area contributed by atoms with Crippen molar-refractivity contribution in [3.63, 3.8) is 0 Å². The van der Waals surface area contributed by atoms with Crippen molar-refractivity contribution in [2.24, 2.45) is 0 Å². The van der Waals surface area contributed by atoms with Crippen LogP contribution in [-0.4, -0.2) is 34.4 Å². The van der Waals surface area contributed by atoms with Crippen LogP contribution in [0.5, 0.6) is 5.75 Å². The summed E-state index contributed by atoms with van der Waals surface area (Å²) in [6.45, 7) is 2.22. The number of aromatic amines is 1. The van der Waals surface area contributed by atoms with Crippen LogP contribution < -0.4 is 4.74 Å². The molecule has 158 valence electrons. The molecule has 1 N–H and O–H groups in total.